The Hall–Kier alpha value is -3.16. The van der Waals surface area contributed by atoms with Crippen molar-refractivity contribution in [1.82, 2.24) is 19.7 Å². The van der Waals surface area contributed by atoms with Gasteiger partial charge in [-0.05, 0) is 50.2 Å². The number of hydrogen-bond donors (Lipinski definition) is 1. The summed E-state index contributed by atoms with van der Waals surface area (Å²) in [6.45, 7) is 3.87. The lowest BCUT2D eigenvalue weighted by Crippen LogP contribution is -2.23. The number of carbonyl (C=O) groups excluding carboxylic acids is 1. The Labute approximate surface area is 189 Å². The van der Waals surface area contributed by atoms with Gasteiger partial charge in [0.2, 0.25) is 5.91 Å². The molecule has 1 N–H and O–H groups in total. The number of carbonyl (C=O) groups is 1. The molecule has 2 aromatic heterocycles. The van der Waals surface area contributed by atoms with E-state index in [4.69, 9.17) is 11.6 Å². The van der Waals surface area contributed by atoms with Crippen molar-refractivity contribution in [2.75, 3.05) is 5.32 Å². The molecule has 4 rings (SSSR count). The number of benzene rings is 2. The molecule has 0 aliphatic rings. The van der Waals surface area contributed by atoms with Crippen LogP contribution in [0.5, 0.6) is 0 Å². The molecule has 4 aromatic rings. The zero-order valence-electron chi connectivity index (χ0n) is 17.0. The highest BCUT2D eigenvalue weighted by Crippen LogP contribution is 2.31. The van der Waals surface area contributed by atoms with Gasteiger partial charge in [0, 0.05) is 23.6 Å². The van der Waals surface area contributed by atoms with E-state index in [9.17, 15) is 4.79 Å². The van der Waals surface area contributed by atoms with E-state index < -0.39 is 5.25 Å². The van der Waals surface area contributed by atoms with Gasteiger partial charge in [0.05, 0.1) is 16.0 Å². The summed E-state index contributed by atoms with van der Waals surface area (Å²) in [5.74, 6) is 0.523. The molecule has 0 fully saturated rings. The first-order chi connectivity index (χ1) is 15.0. The normalized spacial score (nSPS) is 11.8. The third kappa shape index (κ3) is 4.78. The first-order valence-electron chi connectivity index (χ1n) is 9.68. The number of aromatic nitrogens is 4. The second-order valence-corrected chi connectivity index (χ2v) is 8.66. The summed E-state index contributed by atoms with van der Waals surface area (Å²) in [4.78, 5) is 16.9. The zero-order chi connectivity index (χ0) is 21.8. The average molecular weight is 450 g/mol. The minimum atomic E-state index is -0.421. The maximum absolute atomic E-state index is 12.8. The molecule has 0 bridgehead atoms. The molecule has 8 heteroatoms. The molecule has 2 heterocycles. The Morgan fingerprint density at radius 3 is 2.45 bits per heavy atom. The van der Waals surface area contributed by atoms with Crippen LogP contribution in [0.3, 0.4) is 0 Å². The molecule has 0 spiro atoms. The maximum atomic E-state index is 12.8. The number of anilines is 1. The van der Waals surface area contributed by atoms with Crippen molar-refractivity contribution in [3.05, 3.63) is 83.6 Å². The fourth-order valence-electron chi connectivity index (χ4n) is 2.97. The molecule has 0 radical (unpaired) electrons. The number of thioether (sulfide) groups is 1. The van der Waals surface area contributed by atoms with Crippen molar-refractivity contribution < 1.29 is 4.79 Å². The van der Waals surface area contributed by atoms with Crippen LogP contribution in [0, 0.1) is 6.92 Å². The highest BCUT2D eigenvalue weighted by molar-refractivity contribution is 8.00. The van der Waals surface area contributed by atoms with E-state index in [0.29, 0.717) is 21.7 Å². The lowest BCUT2D eigenvalue weighted by Gasteiger charge is -2.14. The smallest absolute Gasteiger partial charge is 0.237 e. The number of halogens is 1. The van der Waals surface area contributed by atoms with Crippen LogP contribution in [0.1, 0.15) is 12.5 Å². The van der Waals surface area contributed by atoms with Gasteiger partial charge in [-0.15, -0.1) is 10.2 Å². The van der Waals surface area contributed by atoms with Gasteiger partial charge in [0.15, 0.2) is 11.0 Å². The first-order valence-corrected chi connectivity index (χ1v) is 10.9. The van der Waals surface area contributed by atoms with Gasteiger partial charge in [0.25, 0.3) is 0 Å². The highest BCUT2D eigenvalue weighted by atomic mass is 35.5. The molecule has 0 aliphatic carbocycles. The first kappa shape index (κ1) is 21.1. The van der Waals surface area contributed by atoms with Crippen LogP contribution in [0.2, 0.25) is 5.02 Å². The van der Waals surface area contributed by atoms with E-state index >= 15 is 0 Å². The summed E-state index contributed by atoms with van der Waals surface area (Å²) in [5.41, 5.74) is 3.55. The fourth-order valence-corrected chi connectivity index (χ4v) is 4.02. The number of hydrogen-bond acceptors (Lipinski definition) is 5. The van der Waals surface area contributed by atoms with E-state index in [0.717, 1.165) is 16.8 Å². The minimum absolute atomic E-state index is 0.165. The third-order valence-corrected chi connectivity index (χ3v) is 6.02. The van der Waals surface area contributed by atoms with Gasteiger partial charge in [-0.25, -0.2) is 0 Å². The Kier molecular flexibility index (Phi) is 6.34. The van der Waals surface area contributed by atoms with Gasteiger partial charge < -0.3 is 5.32 Å². The Balaban J connectivity index is 1.65. The average Bonchev–Trinajstić information content (AvgIpc) is 3.20. The van der Waals surface area contributed by atoms with Crippen molar-refractivity contribution >= 4 is 35.0 Å². The summed E-state index contributed by atoms with van der Waals surface area (Å²) in [6.07, 6.45) is 3.44. The number of pyridine rings is 1. The van der Waals surface area contributed by atoms with Gasteiger partial charge in [-0.3, -0.25) is 14.3 Å². The Bertz CT molecular complexity index is 1190. The Morgan fingerprint density at radius 1 is 1.03 bits per heavy atom. The molecule has 156 valence electrons. The van der Waals surface area contributed by atoms with Gasteiger partial charge in [-0.1, -0.05) is 53.2 Å². The number of nitrogens with zero attached hydrogens (tertiary/aromatic N) is 4. The van der Waals surface area contributed by atoms with Crippen molar-refractivity contribution in [2.45, 2.75) is 24.3 Å². The predicted octanol–water partition coefficient (Wildman–Crippen LogP) is 5.41. The van der Waals surface area contributed by atoms with Crippen molar-refractivity contribution in [1.29, 1.82) is 0 Å². The van der Waals surface area contributed by atoms with Gasteiger partial charge in [0.1, 0.15) is 0 Å². The highest BCUT2D eigenvalue weighted by Gasteiger charge is 2.22. The van der Waals surface area contributed by atoms with Crippen LogP contribution < -0.4 is 5.32 Å². The van der Waals surface area contributed by atoms with Crippen LogP contribution in [0.4, 0.5) is 5.69 Å². The SMILES string of the molecule is Cc1ccc(-n2c(SC(C)C(=O)Nc3ccccc3Cl)nnc2-c2ccncc2)cc1. The lowest BCUT2D eigenvalue weighted by atomic mass is 10.2. The zero-order valence-corrected chi connectivity index (χ0v) is 18.6. The summed E-state index contributed by atoms with van der Waals surface area (Å²) in [5, 5.41) is 12.4. The number of para-hydroxylation sites is 1. The molecule has 0 aliphatic heterocycles. The quantitative estimate of drug-likeness (QED) is 0.398. The molecular weight excluding hydrogens is 430 g/mol. The summed E-state index contributed by atoms with van der Waals surface area (Å²) in [6, 6.07) is 19.0. The van der Waals surface area contributed by atoms with E-state index in [1.807, 2.05) is 66.9 Å². The second kappa shape index (κ2) is 9.32. The van der Waals surface area contributed by atoms with Gasteiger partial charge >= 0.3 is 0 Å². The fraction of sp³-hybridized carbons (Fsp3) is 0.130. The molecule has 0 saturated heterocycles. The lowest BCUT2D eigenvalue weighted by molar-refractivity contribution is -0.115. The Morgan fingerprint density at radius 2 is 1.74 bits per heavy atom. The number of aryl methyl sites for hydroxylation is 1. The number of amides is 1. The van der Waals surface area contributed by atoms with E-state index in [1.54, 1.807) is 24.5 Å². The monoisotopic (exact) mass is 449 g/mol. The predicted molar refractivity (Wildman–Crippen MR) is 125 cm³/mol. The van der Waals surface area contributed by atoms with Crippen molar-refractivity contribution in [3.63, 3.8) is 0 Å². The van der Waals surface area contributed by atoms with Crippen molar-refractivity contribution in [2.24, 2.45) is 0 Å². The number of nitrogens with one attached hydrogen (secondary N) is 1. The minimum Gasteiger partial charge on any atom is -0.324 e. The summed E-state index contributed by atoms with van der Waals surface area (Å²) >= 11 is 7.51. The molecule has 6 nitrogen and oxygen atoms in total. The molecule has 0 saturated carbocycles. The van der Waals surface area contributed by atoms with Crippen LogP contribution >= 0.6 is 23.4 Å². The van der Waals surface area contributed by atoms with Crippen molar-refractivity contribution in [3.8, 4) is 17.1 Å². The van der Waals surface area contributed by atoms with E-state index in [2.05, 4.69) is 20.5 Å². The largest absolute Gasteiger partial charge is 0.324 e. The van der Waals surface area contributed by atoms with Crippen LogP contribution in [0.15, 0.2) is 78.2 Å². The molecule has 1 unspecified atom stereocenters. The topological polar surface area (TPSA) is 72.7 Å². The second-order valence-electron chi connectivity index (χ2n) is 6.94. The van der Waals surface area contributed by atoms with E-state index in [1.165, 1.54) is 11.8 Å². The standard InChI is InChI=1S/C23H20ClN5OS/c1-15-7-9-18(10-8-15)29-21(17-11-13-25-14-12-17)27-28-23(29)31-16(2)22(30)26-20-6-4-3-5-19(20)24/h3-14,16H,1-2H3,(H,26,30). The van der Waals surface area contributed by atoms with Crippen LogP contribution in [0.25, 0.3) is 17.1 Å². The molecule has 2 aromatic carbocycles. The number of rotatable bonds is 6. The van der Waals surface area contributed by atoms with E-state index in [-0.39, 0.29) is 5.91 Å². The molecule has 1 amide bonds. The summed E-state index contributed by atoms with van der Waals surface area (Å²) in [7, 11) is 0. The van der Waals surface area contributed by atoms with Crippen LogP contribution in [-0.2, 0) is 4.79 Å². The van der Waals surface area contributed by atoms with Crippen LogP contribution in [-0.4, -0.2) is 30.9 Å². The summed E-state index contributed by atoms with van der Waals surface area (Å²) < 4.78 is 1.96. The maximum Gasteiger partial charge on any atom is 0.237 e. The molecule has 1 atom stereocenters. The molecule has 31 heavy (non-hydrogen) atoms. The third-order valence-electron chi connectivity index (χ3n) is 4.65. The molecular formula is C23H20ClN5OS. The van der Waals surface area contributed by atoms with Gasteiger partial charge in [-0.2, -0.15) is 0 Å².